The second kappa shape index (κ2) is 9.14. The normalized spacial score (nSPS) is 10.9. The summed E-state index contributed by atoms with van der Waals surface area (Å²) in [5.41, 5.74) is 2.94. The third kappa shape index (κ3) is 5.40. The van der Waals surface area contributed by atoms with Gasteiger partial charge in [-0.2, -0.15) is 0 Å². The Hall–Kier alpha value is -2.19. The van der Waals surface area contributed by atoms with Gasteiger partial charge in [-0.25, -0.2) is 14.4 Å². The van der Waals surface area contributed by atoms with E-state index in [2.05, 4.69) is 26.7 Å². The maximum absolute atomic E-state index is 13.0. The van der Waals surface area contributed by atoms with Crippen molar-refractivity contribution < 1.29 is 4.39 Å². The van der Waals surface area contributed by atoms with E-state index in [1.54, 1.807) is 35.7 Å². The largest absolute Gasteiger partial charge is 0.301 e. The molecule has 0 radical (unpaired) electrons. The summed E-state index contributed by atoms with van der Waals surface area (Å²) in [4.78, 5) is 8.91. The van der Waals surface area contributed by atoms with Gasteiger partial charge in [0.2, 0.25) is 0 Å². The van der Waals surface area contributed by atoms with Crippen LogP contribution >= 0.6 is 23.5 Å². The van der Waals surface area contributed by atoms with E-state index in [9.17, 15) is 4.39 Å². The van der Waals surface area contributed by atoms with Crippen molar-refractivity contribution in [3.63, 3.8) is 0 Å². The molecule has 3 aromatic rings. The monoisotopic (exact) mass is 401 g/mol. The molecule has 0 saturated carbocycles. The summed E-state index contributed by atoms with van der Waals surface area (Å²) in [6, 6.07) is 8.45. The zero-order chi connectivity index (χ0) is 19.2. The van der Waals surface area contributed by atoms with Crippen LogP contribution in [0.15, 0.2) is 53.3 Å². The highest BCUT2D eigenvalue weighted by Crippen LogP contribution is 2.25. The van der Waals surface area contributed by atoms with Crippen molar-refractivity contribution in [3.05, 3.63) is 71.6 Å². The lowest BCUT2D eigenvalue weighted by Gasteiger charge is -2.08. The molecule has 0 spiro atoms. The Balaban J connectivity index is 1.70. The number of aromatic nitrogens is 5. The molecule has 0 saturated heterocycles. The highest BCUT2D eigenvalue weighted by molar-refractivity contribution is 7.98. The van der Waals surface area contributed by atoms with Crippen LogP contribution in [0.5, 0.6) is 0 Å². The van der Waals surface area contributed by atoms with Crippen LogP contribution < -0.4 is 0 Å². The van der Waals surface area contributed by atoms with Gasteiger partial charge in [-0.3, -0.25) is 0 Å². The number of allylic oxidation sites excluding steroid dienone is 1. The first-order chi connectivity index (χ1) is 13.0. The van der Waals surface area contributed by atoms with Gasteiger partial charge in [0.15, 0.2) is 10.3 Å². The van der Waals surface area contributed by atoms with E-state index in [-0.39, 0.29) is 5.82 Å². The van der Waals surface area contributed by atoms with Crippen LogP contribution in [-0.4, -0.2) is 24.7 Å². The summed E-state index contributed by atoms with van der Waals surface area (Å²) in [6.45, 7) is 8.38. The van der Waals surface area contributed by atoms with Gasteiger partial charge in [0, 0.05) is 23.7 Å². The number of halogens is 1. The molecule has 2 heterocycles. The standard InChI is InChI=1S/C19H20FN5S2/c1-4-9-25-17(12-26-18-21-13(2)10-14(3)22-18)23-24-19(25)27-11-15-5-7-16(20)8-6-15/h4-8,10H,1,9,11-12H2,2-3H3. The molecule has 27 heavy (non-hydrogen) atoms. The first-order valence-corrected chi connectivity index (χ1v) is 10.4. The third-order valence-electron chi connectivity index (χ3n) is 3.68. The summed E-state index contributed by atoms with van der Waals surface area (Å²) in [6.07, 6.45) is 1.83. The number of thioether (sulfide) groups is 2. The molecule has 0 aliphatic carbocycles. The minimum Gasteiger partial charge on any atom is -0.301 e. The summed E-state index contributed by atoms with van der Waals surface area (Å²) in [5, 5.41) is 10.2. The predicted molar refractivity (Wildman–Crippen MR) is 107 cm³/mol. The maximum atomic E-state index is 13.0. The van der Waals surface area contributed by atoms with E-state index in [4.69, 9.17) is 0 Å². The second-order valence-electron chi connectivity index (χ2n) is 5.94. The van der Waals surface area contributed by atoms with Crippen LogP contribution in [0.3, 0.4) is 0 Å². The zero-order valence-electron chi connectivity index (χ0n) is 15.2. The fourth-order valence-electron chi connectivity index (χ4n) is 2.46. The lowest BCUT2D eigenvalue weighted by molar-refractivity contribution is 0.627. The summed E-state index contributed by atoms with van der Waals surface area (Å²) >= 11 is 3.11. The molecular formula is C19H20FN5S2. The van der Waals surface area contributed by atoms with Crippen LogP contribution in [0.2, 0.25) is 0 Å². The average Bonchev–Trinajstić information content (AvgIpc) is 3.01. The Morgan fingerprint density at radius 2 is 1.74 bits per heavy atom. The second-order valence-corrected chi connectivity index (χ2v) is 7.82. The number of hydrogen-bond acceptors (Lipinski definition) is 6. The van der Waals surface area contributed by atoms with Crippen molar-refractivity contribution in [1.29, 1.82) is 0 Å². The quantitative estimate of drug-likeness (QED) is 0.312. The van der Waals surface area contributed by atoms with Crippen molar-refractivity contribution in [1.82, 2.24) is 24.7 Å². The SMILES string of the molecule is C=CCn1c(CSc2nc(C)cc(C)n2)nnc1SCc1ccc(F)cc1. The molecule has 0 bridgehead atoms. The number of nitrogens with zero attached hydrogens (tertiary/aromatic N) is 5. The van der Waals surface area contributed by atoms with E-state index in [1.165, 1.54) is 12.1 Å². The maximum Gasteiger partial charge on any atom is 0.191 e. The number of rotatable bonds is 8. The van der Waals surface area contributed by atoms with Crippen molar-refractivity contribution in [2.75, 3.05) is 0 Å². The van der Waals surface area contributed by atoms with Crippen LogP contribution in [0.25, 0.3) is 0 Å². The molecule has 0 unspecified atom stereocenters. The molecule has 0 aliphatic heterocycles. The Bertz CT molecular complexity index is 904. The van der Waals surface area contributed by atoms with Gasteiger partial charge in [0.1, 0.15) is 11.6 Å². The highest BCUT2D eigenvalue weighted by Gasteiger charge is 2.13. The molecule has 5 nitrogen and oxygen atoms in total. The Labute approximate surface area is 166 Å². The Morgan fingerprint density at radius 1 is 1.04 bits per heavy atom. The first kappa shape index (κ1) is 19.6. The van der Waals surface area contributed by atoms with Crippen molar-refractivity contribution in [2.45, 2.75) is 42.2 Å². The lowest BCUT2D eigenvalue weighted by atomic mass is 10.2. The molecule has 0 fully saturated rings. The van der Waals surface area contributed by atoms with Crippen LogP contribution in [-0.2, 0) is 18.1 Å². The van der Waals surface area contributed by atoms with Crippen molar-refractivity contribution in [3.8, 4) is 0 Å². The summed E-state index contributed by atoms with van der Waals surface area (Å²) in [7, 11) is 0. The van der Waals surface area contributed by atoms with Crippen LogP contribution in [0, 0.1) is 19.7 Å². The molecule has 0 aliphatic rings. The highest BCUT2D eigenvalue weighted by atomic mass is 32.2. The van der Waals surface area contributed by atoms with E-state index >= 15 is 0 Å². The van der Waals surface area contributed by atoms with Gasteiger partial charge < -0.3 is 4.57 Å². The van der Waals surface area contributed by atoms with Gasteiger partial charge in [0.05, 0.1) is 5.75 Å². The third-order valence-corrected chi connectivity index (χ3v) is 5.56. The number of hydrogen-bond donors (Lipinski definition) is 0. The van der Waals surface area contributed by atoms with Gasteiger partial charge in [0.25, 0.3) is 0 Å². The number of aryl methyl sites for hydroxylation is 2. The predicted octanol–water partition coefficient (Wildman–Crippen LogP) is 4.59. The van der Waals surface area contributed by atoms with Gasteiger partial charge in [-0.15, -0.1) is 16.8 Å². The lowest BCUT2D eigenvalue weighted by Crippen LogP contribution is -2.03. The molecule has 140 valence electrons. The van der Waals surface area contributed by atoms with Gasteiger partial charge >= 0.3 is 0 Å². The Kier molecular flexibility index (Phi) is 6.63. The van der Waals surface area contributed by atoms with E-state index in [0.717, 1.165) is 33.1 Å². The smallest absolute Gasteiger partial charge is 0.191 e. The minimum absolute atomic E-state index is 0.230. The first-order valence-electron chi connectivity index (χ1n) is 8.40. The van der Waals surface area contributed by atoms with Crippen molar-refractivity contribution in [2.24, 2.45) is 0 Å². The molecule has 1 aromatic carbocycles. The summed E-state index contributed by atoms with van der Waals surface area (Å²) < 4.78 is 15.1. The van der Waals surface area contributed by atoms with Gasteiger partial charge in [-0.1, -0.05) is 41.7 Å². The van der Waals surface area contributed by atoms with Crippen molar-refractivity contribution >= 4 is 23.5 Å². The summed E-state index contributed by atoms with van der Waals surface area (Å²) in [5.74, 6) is 1.94. The minimum atomic E-state index is -0.230. The van der Waals surface area contributed by atoms with Crippen LogP contribution in [0.4, 0.5) is 4.39 Å². The molecular weight excluding hydrogens is 381 g/mol. The van der Waals surface area contributed by atoms with E-state index in [1.807, 2.05) is 30.6 Å². The van der Waals surface area contributed by atoms with Crippen LogP contribution in [0.1, 0.15) is 22.8 Å². The fourth-order valence-corrected chi connectivity index (χ4v) is 4.27. The van der Waals surface area contributed by atoms with E-state index < -0.39 is 0 Å². The molecule has 0 N–H and O–H groups in total. The topological polar surface area (TPSA) is 56.5 Å². The Morgan fingerprint density at radius 3 is 2.41 bits per heavy atom. The molecule has 2 aromatic heterocycles. The number of benzene rings is 1. The molecule has 0 amide bonds. The van der Waals surface area contributed by atoms with E-state index in [0.29, 0.717) is 18.1 Å². The fraction of sp³-hybridized carbons (Fsp3) is 0.263. The molecule has 8 heteroatoms. The zero-order valence-corrected chi connectivity index (χ0v) is 16.9. The molecule has 0 atom stereocenters. The van der Waals surface area contributed by atoms with Gasteiger partial charge in [-0.05, 0) is 37.6 Å². The average molecular weight is 402 g/mol. The molecule has 3 rings (SSSR count).